The summed E-state index contributed by atoms with van der Waals surface area (Å²) in [7, 11) is -0.336. The summed E-state index contributed by atoms with van der Waals surface area (Å²) in [5.41, 5.74) is 0. The molecule has 0 amide bonds. The van der Waals surface area contributed by atoms with Crippen LogP contribution in [-0.4, -0.2) is 43.8 Å². The molecule has 0 rings (SSSR count). The first kappa shape index (κ1) is 14.4. The molecule has 64 valence electrons. The first-order valence-electron chi connectivity index (χ1n) is 2.95. The standard InChI is InChI=1S/C5H13NO3S.Na.H/c1-5(4-6(2)3)10(7,8)9;;/h5H,4H2,1-3H3,(H,7,8,9);;/q;+1;-1. The minimum absolute atomic E-state index is 0. The smallest absolute Gasteiger partial charge is 1.00 e. The third-order valence-electron chi connectivity index (χ3n) is 1.13. The fourth-order valence-corrected chi connectivity index (χ4v) is 1.09. The number of rotatable bonds is 3. The molecule has 1 N–H and O–H groups in total. The summed E-state index contributed by atoms with van der Waals surface area (Å²) in [6.45, 7) is 1.81. The van der Waals surface area contributed by atoms with E-state index in [-0.39, 0.29) is 31.0 Å². The quantitative estimate of drug-likeness (QED) is 0.380. The number of hydrogen-bond donors (Lipinski definition) is 1. The molecule has 4 nitrogen and oxygen atoms in total. The van der Waals surface area contributed by atoms with Gasteiger partial charge in [-0.25, -0.2) is 0 Å². The Labute approximate surface area is 91.5 Å². The van der Waals surface area contributed by atoms with Gasteiger partial charge in [-0.15, -0.1) is 0 Å². The van der Waals surface area contributed by atoms with Crippen LogP contribution in [0.25, 0.3) is 0 Å². The van der Waals surface area contributed by atoms with Crippen molar-refractivity contribution in [3.8, 4) is 0 Å². The molecule has 0 heterocycles. The van der Waals surface area contributed by atoms with Crippen molar-refractivity contribution in [3.63, 3.8) is 0 Å². The Kier molecular flexibility index (Phi) is 7.20. The Morgan fingerprint density at radius 3 is 2.00 bits per heavy atom. The zero-order valence-corrected chi connectivity index (χ0v) is 10.2. The molecule has 1 unspecified atom stereocenters. The van der Waals surface area contributed by atoms with Crippen molar-refractivity contribution < 1.29 is 44.0 Å². The van der Waals surface area contributed by atoms with Gasteiger partial charge in [-0.3, -0.25) is 4.55 Å². The van der Waals surface area contributed by atoms with Crippen LogP contribution in [0.3, 0.4) is 0 Å². The van der Waals surface area contributed by atoms with Gasteiger partial charge in [0.25, 0.3) is 10.1 Å². The largest absolute Gasteiger partial charge is 1.00 e. The summed E-state index contributed by atoms with van der Waals surface area (Å²) in [5, 5.41) is -0.706. The van der Waals surface area contributed by atoms with Crippen LogP contribution in [-0.2, 0) is 10.1 Å². The van der Waals surface area contributed by atoms with E-state index < -0.39 is 15.4 Å². The van der Waals surface area contributed by atoms with E-state index in [9.17, 15) is 8.42 Å². The van der Waals surface area contributed by atoms with Gasteiger partial charge in [-0.2, -0.15) is 8.42 Å². The molecule has 0 aliphatic heterocycles. The van der Waals surface area contributed by atoms with Crippen LogP contribution in [0.15, 0.2) is 0 Å². The summed E-state index contributed by atoms with van der Waals surface area (Å²) in [4.78, 5) is 1.71. The molecule has 0 aromatic carbocycles. The van der Waals surface area contributed by atoms with Gasteiger partial charge in [-0.1, -0.05) is 0 Å². The Hall–Kier alpha value is 0.870. The molecule has 0 bridgehead atoms. The fourth-order valence-electron chi connectivity index (χ4n) is 0.608. The second kappa shape index (κ2) is 5.50. The van der Waals surface area contributed by atoms with Crippen LogP contribution >= 0.6 is 0 Å². The van der Waals surface area contributed by atoms with Crippen LogP contribution in [0.5, 0.6) is 0 Å². The van der Waals surface area contributed by atoms with Crippen molar-refractivity contribution in [2.75, 3.05) is 20.6 Å². The van der Waals surface area contributed by atoms with Crippen molar-refractivity contribution in [1.29, 1.82) is 0 Å². The Morgan fingerprint density at radius 1 is 1.55 bits per heavy atom. The van der Waals surface area contributed by atoms with E-state index >= 15 is 0 Å². The molecule has 0 spiro atoms. The average molecular weight is 191 g/mol. The second-order valence-corrected chi connectivity index (χ2v) is 4.42. The van der Waals surface area contributed by atoms with Crippen LogP contribution in [0, 0.1) is 0 Å². The van der Waals surface area contributed by atoms with Gasteiger partial charge in [0.1, 0.15) is 0 Å². The SMILES string of the molecule is CC(CN(C)C)S(=O)(=O)O.[H-].[Na+]. The molecule has 6 heteroatoms. The van der Waals surface area contributed by atoms with Crippen LogP contribution < -0.4 is 29.6 Å². The zero-order valence-electron chi connectivity index (χ0n) is 8.40. The minimum atomic E-state index is -3.84. The molecule has 0 saturated heterocycles. The van der Waals surface area contributed by atoms with Crippen LogP contribution in [0.4, 0.5) is 0 Å². The summed E-state index contributed by atoms with van der Waals surface area (Å²) in [5.74, 6) is 0. The van der Waals surface area contributed by atoms with Gasteiger partial charge in [0.2, 0.25) is 0 Å². The summed E-state index contributed by atoms with van der Waals surface area (Å²) < 4.78 is 29.3. The number of nitrogens with zero attached hydrogens (tertiary/aromatic N) is 1. The van der Waals surface area contributed by atoms with Crippen molar-refractivity contribution in [2.45, 2.75) is 12.2 Å². The molecule has 0 aliphatic rings. The van der Waals surface area contributed by atoms with Gasteiger partial charge < -0.3 is 6.33 Å². The Bertz CT molecular complexity index is 195. The molecule has 0 aromatic rings. The molecule has 11 heavy (non-hydrogen) atoms. The fraction of sp³-hybridized carbons (Fsp3) is 1.00. The summed E-state index contributed by atoms with van der Waals surface area (Å²) >= 11 is 0. The Balaban J connectivity index is -0.000000405. The molecule has 0 aliphatic carbocycles. The predicted octanol–water partition coefficient (Wildman–Crippen LogP) is -3.06. The van der Waals surface area contributed by atoms with Crippen LogP contribution in [0.2, 0.25) is 0 Å². The van der Waals surface area contributed by atoms with Crippen molar-refractivity contribution >= 4 is 10.1 Å². The maximum atomic E-state index is 10.4. The molecule has 0 saturated carbocycles. The maximum Gasteiger partial charge on any atom is 1.00 e. The normalized spacial score (nSPS) is 14.3. The molecule has 1 atom stereocenters. The minimum Gasteiger partial charge on any atom is -1.00 e. The first-order valence-corrected chi connectivity index (χ1v) is 4.45. The summed E-state index contributed by atoms with van der Waals surface area (Å²) in [6, 6.07) is 0. The predicted molar refractivity (Wildman–Crippen MR) is 40.7 cm³/mol. The Morgan fingerprint density at radius 2 is 1.91 bits per heavy atom. The van der Waals surface area contributed by atoms with Crippen molar-refractivity contribution in [1.82, 2.24) is 4.90 Å². The van der Waals surface area contributed by atoms with E-state index in [4.69, 9.17) is 4.55 Å². The van der Waals surface area contributed by atoms with Gasteiger partial charge in [0.15, 0.2) is 0 Å². The van der Waals surface area contributed by atoms with E-state index in [1.165, 1.54) is 6.92 Å². The zero-order chi connectivity index (χ0) is 8.36. The van der Waals surface area contributed by atoms with E-state index in [0.717, 1.165) is 0 Å². The third kappa shape index (κ3) is 7.24. The van der Waals surface area contributed by atoms with Crippen LogP contribution in [0.1, 0.15) is 8.35 Å². The molecule has 0 radical (unpaired) electrons. The first-order chi connectivity index (χ1) is 4.34. The molecular formula is C5H14NNaO3S. The van der Waals surface area contributed by atoms with Gasteiger partial charge in [0.05, 0.1) is 5.25 Å². The van der Waals surface area contributed by atoms with Crippen molar-refractivity contribution in [3.05, 3.63) is 0 Å². The van der Waals surface area contributed by atoms with E-state index in [1.807, 2.05) is 0 Å². The maximum absolute atomic E-state index is 10.4. The third-order valence-corrected chi connectivity index (χ3v) is 2.30. The van der Waals surface area contributed by atoms with E-state index in [2.05, 4.69) is 0 Å². The monoisotopic (exact) mass is 191 g/mol. The van der Waals surface area contributed by atoms with E-state index in [1.54, 1.807) is 19.0 Å². The van der Waals surface area contributed by atoms with Gasteiger partial charge >= 0.3 is 29.6 Å². The van der Waals surface area contributed by atoms with Gasteiger partial charge in [0, 0.05) is 6.54 Å². The number of hydrogen-bond acceptors (Lipinski definition) is 3. The summed E-state index contributed by atoms with van der Waals surface area (Å²) in [6.07, 6.45) is 0. The van der Waals surface area contributed by atoms with Crippen molar-refractivity contribution in [2.24, 2.45) is 0 Å². The van der Waals surface area contributed by atoms with Gasteiger partial charge in [-0.05, 0) is 21.0 Å². The second-order valence-electron chi connectivity index (χ2n) is 2.59. The molecular weight excluding hydrogens is 177 g/mol. The molecule has 0 fully saturated rings. The average Bonchev–Trinajstić information content (AvgIpc) is 1.60. The molecule has 0 aromatic heterocycles. The topological polar surface area (TPSA) is 57.6 Å². The van der Waals surface area contributed by atoms with E-state index in [0.29, 0.717) is 6.54 Å².